The molecule has 0 spiro atoms. The van der Waals surface area contributed by atoms with Crippen LogP contribution in [-0.4, -0.2) is 4.98 Å². The molecule has 0 atom stereocenters. The van der Waals surface area contributed by atoms with Gasteiger partial charge in [0.2, 0.25) is 0 Å². The number of hydrogen-bond donors (Lipinski definition) is 0. The van der Waals surface area contributed by atoms with Gasteiger partial charge in [-0.05, 0) is 39.7 Å². The van der Waals surface area contributed by atoms with Crippen LogP contribution in [0.4, 0.5) is 8.78 Å². The van der Waals surface area contributed by atoms with Crippen LogP contribution in [0.15, 0.2) is 35.1 Å². The van der Waals surface area contributed by atoms with E-state index in [-0.39, 0.29) is 5.75 Å². The first-order chi connectivity index (χ1) is 8.60. The van der Waals surface area contributed by atoms with Crippen LogP contribution in [0.5, 0.6) is 11.5 Å². The first-order valence-corrected chi connectivity index (χ1v) is 6.84. The molecule has 0 aliphatic heterocycles. The Morgan fingerprint density at radius 1 is 1.11 bits per heavy atom. The number of halogens is 4. The molecule has 2 nitrogen and oxygen atoms in total. The Kier molecular flexibility index (Phi) is 4.29. The SMILES string of the molecule is Fc1cc(CBr)cc(F)c1Oc1cncc(Br)c1. The number of hydrogen-bond acceptors (Lipinski definition) is 2. The Bertz CT molecular complexity index is 555. The van der Waals surface area contributed by atoms with E-state index >= 15 is 0 Å². The van der Waals surface area contributed by atoms with Crippen LogP contribution >= 0.6 is 31.9 Å². The minimum atomic E-state index is -0.746. The highest BCUT2D eigenvalue weighted by Gasteiger charge is 2.13. The van der Waals surface area contributed by atoms with Gasteiger partial charge in [-0.3, -0.25) is 4.98 Å². The van der Waals surface area contributed by atoms with Crippen molar-refractivity contribution in [3.63, 3.8) is 0 Å². The van der Waals surface area contributed by atoms with Gasteiger partial charge in [0.25, 0.3) is 0 Å². The van der Waals surface area contributed by atoms with Crippen molar-refractivity contribution in [3.05, 3.63) is 52.3 Å². The minimum absolute atomic E-state index is 0.258. The molecule has 1 aromatic heterocycles. The van der Waals surface area contributed by atoms with Crippen molar-refractivity contribution in [3.8, 4) is 11.5 Å². The standard InChI is InChI=1S/C12H7Br2F2NO/c13-4-7-1-10(15)12(11(16)2-7)18-9-3-8(14)5-17-6-9/h1-3,5-6H,4H2. The molecule has 0 unspecified atom stereocenters. The third kappa shape index (κ3) is 3.05. The number of rotatable bonds is 3. The first-order valence-electron chi connectivity index (χ1n) is 4.92. The van der Waals surface area contributed by atoms with Crippen molar-refractivity contribution in [2.75, 3.05) is 0 Å². The van der Waals surface area contributed by atoms with Gasteiger partial charge in [0, 0.05) is 16.0 Å². The fourth-order valence-corrected chi connectivity index (χ4v) is 2.02. The molecule has 0 fully saturated rings. The Morgan fingerprint density at radius 2 is 1.78 bits per heavy atom. The lowest BCUT2D eigenvalue weighted by atomic mass is 10.2. The van der Waals surface area contributed by atoms with E-state index in [0.29, 0.717) is 15.4 Å². The van der Waals surface area contributed by atoms with Crippen LogP contribution < -0.4 is 4.74 Å². The Balaban J connectivity index is 2.35. The lowest BCUT2D eigenvalue weighted by Crippen LogP contribution is -1.95. The summed E-state index contributed by atoms with van der Waals surface area (Å²) in [7, 11) is 0. The third-order valence-electron chi connectivity index (χ3n) is 2.11. The van der Waals surface area contributed by atoms with Crippen LogP contribution in [0.3, 0.4) is 0 Å². The van der Waals surface area contributed by atoms with Gasteiger partial charge in [-0.1, -0.05) is 15.9 Å². The van der Waals surface area contributed by atoms with Gasteiger partial charge < -0.3 is 4.74 Å². The largest absolute Gasteiger partial charge is 0.450 e. The van der Waals surface area contributed by atoms with Gasteiger partial charge in [0.05, 0.1) is 6.20 Å². The van der Waals surface area contributed by atoms with E-state index in [9.17, 15) is 8.78 Å². The van der Waals surface area contributed by atoms with E-state index in [1.165, 1.54) is 18.3 Å². The maximum Gasteiger partial charge on any atom is 0.198 e. The minimum Gasteiger partial charge on any atom is -0.450 e. The molecule has 0 N–H and O–H groups in total. The molecule has 0 aliphatic rings. The molecular weight excluding hydrogens is 372 g/mol. The van der Waals surface area contributed by atoms with Crippen LogP contribution in [0, 0.1) is 11.6 Å². The molecule has 94 valence electrons. The Morgan fingerprint density at radius 3 is 2.33 bits per heavy atom. The van der Waals surface area contributed by atoms with Crippen molar-refractivity contribution >= 4 is 31.9 Å². The molecule has 1 heterocycles. The fraction of sp³-hybridized carbons (Fsp3) is 0.0833. The Hall–Kier alpha value is -1.01. The molecule has 0 saturated heterocycles. The summed E-state index contributed by atoms with van der Waals surface area (Å²) < 4.78 is 33.2. The van der Waals surface area contributed by atoms with E-state index in [0.717, 1.165) is 0 Å². The number of nitrogens with zero attached hydrogens (tertiary/aromatic N) is 1. The summed E-state index contributed by atoms with van der Waals surface area (Å²) in [5.74, 6) is -1.66. The average molecular weight is 379 g/mol. The van der Waals surface area contributed by atoms with Crippen molar-refractivity contribution in [1.82, 2.24) is 4.98 Å². The second-order valence-corrected chi connectivity index (χ2v) is 4.94. The normalized spacial score (nSPS) is 10.4. The molecule has 2 rings (SSSR count). The van der Waals surface area contributed by atoms with Crippen LogP contribution in [0.25, 0.3) is 0 Å². The van der Waals surface area contributed by atoms with Crippen LogP contribution in [0.1, 0.15) is 5.56 Å². The highest BCUT2D eigenvalue weighted by molar-refractivity contribution is 9.10. The van der Waals surface area contributed by atoms with Gasteiger partial charge in [0.1, 0.15) is 5.75 Å². The molecule has 2 aromatic rings. The Labute approximate surface area is 119 Å². The molecule has 0 bridgehead atoms. The van der Waals surface area contributed by atoms with E-state index in [4.69, 9.17) is 4.74 Å². The van der Waals surface area contributed by atoms with E-state index in [1.54, 1.807) is 12.3 Å². The quantitative estimate of drug-likeness (QED) is 0.715. The van der Waals surface area contributed by atoms with Crippen LogP contribution in [0.2, 0.25) is 0 Å². The topological polar surface area (TPSA) is 22.1 Å². The van der Waals surface area contributed by atoms with Gasteiger partial charge >= 0.3 is 0 Å². The lowest BCUT2D eigenvalue weighted by molar-refractivity contribution is 0.405. The predicted octanol–water partition coefficient (Wildman–Crippen LogP) is 4.81. The summed E-state index contributed by atoms with van der Waals surface area (Å²) in [5, 5.41) is 0.375. The third-order valence-corrected chi connectivity index (χ3v) is 3.19. The second-order valence-electron chi connectivity index (χ2n) is 3.46. The van der Waals surface area contributed by atoms with E-state index in [1.807, 2.05) is 0 Å². The second kappa shape index (κ2) is 5.75. The zero-order valence-electron chi connectivity index (χ0n) is 8.96. The zero-order valence-corrected chi connectivity index (χ0v) is 12.1. The predicted molar refractivity (Wildman–Crippen MR) is 71.0 cm³/mol. The highest BCUT2D eigenvalue weighted by Crippen LogP contribution is 2.29. The summed E-state index contributed by atoms with van der Waals surface area (Å²) in [6.07, 6.45) is 2.93. The van der Waals surface area contributed by atoms with Gasteiger partial charge in [-0.2, -0.15) is 0 Å². The molecule has 1 aromatic carbocycles. The number of ether oxygens (including phenoxy) is 1. The van der Waals surface area contributed by atoms with Crippen molar-refractivity contribution in [2.24, 2.45) is 0 Å². The van der Waals surface area contributed by atoms with E-state index < -0.39 is 17.4 Å². The lowest BCUT2D eigenvalue weighted by Gasteiger charge is -2.09. The van der Waals surface area contributed by atoms with Crippen LogP contribution in [-0.2, 0) is 5.33 Å². The maximum atomic E-state index is 13.7. The number of pyridine rings is 1. The fourth-order valence-electron chi connectivity index (χ4n) is 1.35. The molecule has 0 amide bonds. The number of alkyl halides is 1. The zero-order chi connectivity index (χ0) is 13.1. The summed E-state index contributed by atoms with van der Waals surface area (Å²) in [5.41, 5.74) is 0.504. The van der Waals surface area contributed by atoms with Crippen molar-refractivity contribution in [1.29, 1.82) is 0 Å². The van der Waals surface area contributed by atoms with Crippen molar-refractivity contribution < 1.29 is 13.5 Å². The average Bonchev–Trinajstić information content (AvgIpc) is 2.33. The van der Waals surface area contributed by atoms with Gasteiger partial charge in [-0.15, -0.1) is 0 Å². The molecule has 0 saturated carbocycles. The summed E-state index contributed by atoms with van der Waals surface area (Å²) >= 11 is 6.34. The van der Waals surface area contributed by atoms with E-state index in [2.05, 4.69) is 36.8 Å². The highest BCUT2D eigenvalue weighted by atomic mass is 79.9. The summed E-state index contributed by atoms with van der Waals surface area (Å²) in [4.78, 5) is 3.85. The molecular formula is C12H7Br2F2NO. The summed E-state index contributed by atoms with van der Waals surface area (Å²) in [6, 6.07) is 4.02. The van der Waals surface area contributed by atoms with Gasteiger partial charge in [-0.25, -0.2) is 8.78 Å². The smallest absolute Gasteiger partial charge is 0.198 e. The number of aromatic nitrogens is 1. The molecule has 0 radical (unpaired) electrons. The maximum absolute atomic E-state index is 13.7. The summed E-state index contributed by atoms with van der Waals surface area (Å²) in [6.45, 7) is 0. The molecule has 18 heavy (non-hydrogen) atoms. The monoisotopic (exact) mass is 377 g/mol. The molecule has 6 heteroatoms. The first kappa shape index (κ1) is 13.4. The van der Waals surface area contributed by atoms with Gasteiger partial charge in [0.15, 0.2) is 17.4 Å². The number of benzene rings is 1. The molecule has 0 aliphatic carbocycles. The van der Waals surface area contributed by atoms with Crippen molar-refractivity contribution in [2.45, 2.75) is 5.33 Å².